The van der Waals surface area contributed by atoms with Crippen molar-refractivity contribution in [2.45, 2.75) is 6.42 Å². The standard InChI is InChI=1S/C17H11NO2/c19-16-12-14-8-4-5-9-15(14)17(20)18(16)11-10-13-6-2-1-3-7-13/h1-9H,12H2. The number of hydrogen-bond donors (Lipinski definition) is 0. The van der Waals surface area contributed by atoms with Gasteiger partial charge < -0.3 is 0 Å². The Kier molecular flexibility index (Phi) is 3.06. The van der Waals surface area contributed by atoms with Crippen LogP contribution in [-0.4, -0.2) is 16.7 Å². The molecule has 0 N–H and O–H groups in total. The zero-order valence-electron chi connectivity index (χ0n) is 10.7. The van der Waals surface area contributed by atoms with Crippen LogP contribution >= 0.6 is 0 Å². The van der Waals surface area contributed by atoms with E-state index >= 15 is 0 Å². The number of imide groups is 1. The molecule has 0 saturated carbocycles. The average molecular weight is 261 g/mol. The van der Waals surface area contributed by atoms with Crippen LogP contribution in [-0.2, 0) is 11.2 Å². The first-order valence-corrected chi connectivity index (χ1v) is 6.27. The van der Waals surface area contributed by atoms with Crippen LogP contribution in [0.2, 0.25) is 0 Å². The van der Waals surface area contributed by atoms with Gasteiger partial charge in [0.1, 0.15) is 0 Å². The van der Waals surface area contributed by atoms with Crippen LogP contribution in [0.15, 0.2) is 54.6 Å². The van der Waals surface area contributed by atoms with E-state index in [0.29, 0.717) is 5.56 Å². The Balaban J connectivity index is 1.94. The molecule has 2 aromatic carbocycles. The lowest BCUT2D eigenvalue weighted by atomic mass is 9.99. The first-order chi connectivity index (χ1) is 9.75. The molecule has 3 nitrogen and oxygen atoms in total. The lowest BCUT2D eigenvalue weighted by Gasteiger charge is -2.21. The van der Waals surface area contributed by atoms with E-state index in [-0.39, 0.29) is 18.2 Å². The van der Waals surface area contributed by atoms with Crippen molar-refractivity contribution >= 4 is 11.8 Å². The smallest absolute Gasteiger partial charge is 0.272 e. The van der Waals surface area contributed by atoms with Crippen molar-refractivity contribution in [3.8, 4) is 12.0 Å². The molecule has 3 rings (SSSR count). The van der Waals surface area contributed by atoms with Crippen LogP contribution in [0, 0.1) is 12.0 Å². The normalized spacial score (nSPS) is 13.5. The number of rotatable bonds is 0. The van der Waals surface area contributed by atoms with E-state index in [4.69, 9.17) is 0 Å². The topological polar surface area (TPSA) is 37.4 Å². The zero-order valence-corrected chi connectivity index (χ0v) is 10.7. The van der Waals surface area contributed by atoms with Gasteiger partial charge in [0.15, 0.2) is 0 Å². The van der Waals surface area contributed by atoms with E-state index in [0.717, 1.165) is 16.0 Å². The number of carbonyl (C=O) groups excluding carboxylic acids is 2. The predicted octanol–water partition coefficient (Wildman–Crippen LogP) is 2.22. The van der Waals surface area contributed by atoms with Gasteiger partial charge in [-0.05, 0) is 29.7 Å². The Morgan fingerprint density at radius 1 is 0.900 bits per heavy atom. The Bertz CT molecular complexity index is 738. The van der Waals surface area contributed by atoms with Gasteiger partial charge in [-0.1, -0.05) is 36.4 Å². The highest BCUT2D eigenvalue weighted by molar-refractivity contribution is 6.11. The molecule has 1 aliphatic rings. The van der Waals surface area contributed by atoms with E-state index in [1.54, 1.807) is 18.2 Å². The first kappa shape index (κ1) is 12.2. The van der Waals surface area contributed by atoms with Gasteiger partial charge in [-0.3, -0.25) is 9.59 Å². The van der Waals surface area contributed by atoms with Crippen molar-refractivity contribution in [1.82, 2.24) is 4.90 Å². The second kappa shape index (κ2) is 5.02. The van der Waals surface area contributed by atoms with Crippen molar-refractivity contribution in [3.05, 3.63) is 71.3 Å². The lowest BCUT2D eigenvalue weighted by Crippen LogP contribution is -2.38. The number of fused-ring (bicyclic) bond motifs is 1. The number of hydrogen-bond acceptors (Lipinski definition) is 2. The second-order valence-electron chi connectivity index (χ2n) is 4.47. The molecule has 0 aromatic heterocycles. The summed E-state index contributed by atoms with van der Waals surface area (Å²) in [5.74, 6) is 2.21. The maximum atomic E-state index is 12.3. The van der Waals surface area contributed by atoms with Gasteiger partial charge in [0, 0.05) is 17.2 Å². The zero-order chi connectivity index (χ0) is 13.9. The number of benzene rings is 2. The molecule has 96 valence electrons. The third kappa shape index (κ3) is 2.19. The third-order valence-corrected chi connectivity index (χ3v) is 3.13. The summed E-state index contributed by atoms with van der Waals surface area (Å²) >= 11 is 0. The van der Waals surface area contributed by atoms with Crippen molar-refractivity contribution in [1.29, 1.82) is 0 Å². The van der Waals surface area contributed by atoms with Crippen molar-refractivity contribution in [3.63, 3.8) is 0 Å². The molecule has 0 unspecified atom stereocenters. The minimum absolute atomic E-state index is 0.214. The van der Waals surface area contributed by atoms with Gasteiger partial charge in [0.05, 0.1) is 6.42 Å². The van der Waals surface area contributed by atoms with Crippen LogP contribution in [0.5, 0.6) is 0 Å². The monoisotopic (exact) mass is 261 g/mol. The molecule has 2 aromatic rings. The first-order valence-electron chi connectivity index (χ1n) is 6.27. The minimum atomic E-state index is -0.347. The van der Waals surface area contributed by atoms with Gasteiger partial charge >= 0.3 is 0 Å². The molecule has 3 heteroatoms. The average Bonchev–Trinajstić information content (AvgIpc) is 2.48. The van der Waals surface area contributed by atoms with E-state index < -0.39 is 0 Å². The van der Waals surface area contributed by atoms with Crippen LogP contribution < -0.4 is 0 Å². The molecule has 0 fully saturated rings. The molecule has 1 heterocycles. The molecule has 2 amide bonds. The molecule has 0 saturated heterocycles. The van der Waals surface area contributed by atoms with E-state index in [1.165, 1.54) is 0 Å². The van der Waals surface area contributed by atoms with Crippen molar-refractivity contribution in [2.24, 2.45) is 0 Å². The molecule has 0 atom stereocenters. The molecular weight excluding hydrogens is 250 g/mol. The van der Waals surface area contributed by atoms with E-state index in [9.17, 15) is 9.59 Å². The van der Waals surface area contributed by atoms with Gasteiger partial charge in [-0.2, -0.15) is 0 Å². The van der Waals surface area contributed by atoms with Crippen LogP contribution in [0.25, 0.3) is 0 Å². The fraction of sp³-hybridized carbons (Fsp3) is 0.0588. The Morgan fingerprint density at radius 3 is 2.40 bits per heavy atom. The molecular formula is C17H11NO2. The Hall–Kier alpha value is -2.86. The van der Waals surface area contributed by atoms with E-state index in [1.807, 2.05) is 36.4 Å². The number of carbonyl (C=O) groups is 2. The molecule has 20 heavy (non-hydrogen) atoms. The third-order valence-electron chi connectivity index (χ3n) is 3.13. The van der Waals surface area contributed by atoms with Crippen molar-refractivity contribution < 1.29 is 9.59 Å². The molecule has 0 aliphatic carbocycles. The highest BCUT2D eigenvalue weighted by atomic mass is 16.2. The summed E-state index contributed by atoms with van der Waals surface area (Å²) in [4.78, 5) is 25.3. The fourth-order valence-electron chi connectivity index (χ4n) is 2.11. The maximum Gasteiger partial charge on any atom is 0.272 e. The summed E-state index contributed by atoms with van der Waals surface area (Å²) in [6.07, 6.45) is 0.214. The van der Waals surface area contributed by atoms with Crippen LogP contribution in [0.4, 0.5) is 0 Å². The van der Waals surface area contributed by atoms with Gasteiger partial charge in [-0.15, -0.1) is 0 Å². The lowest BCUT2D eigenvalue weighted by molar-refractivity contribution is -0.125. The highest BCUT2D eigenvalue weighted by Crippen LogP contribution is 2.18. The molecule has 0 radical (unpaired) electrons. The highest BCUT2D eigenvalue weighted by Gasteiger charge is 2.29. The van der Waals surface area contributed by atoms with Crippen LogP contribution in [0.3, 0.4) is 0 Å². The quantitative estimate of drug-likeness (QED) is 0.538. The number of nitrogens with zero attached hydrogens (tertiary/aromatic N) is 1. The Labute approximate surface area is 116 Å². The molecule has 0 bridgehead atoms. The molecule has 1 aliphatic heterocycles. The van der Waals surface area contributed by atoms with E-state index in [2.05, 4.69) is 12.0 Å². The van der Waals surface area contributed by atoms with Gasteiger partial charge in [-0.25, -0.2) is 4.90 Å². The minimum Gasteiger partial charge on any atom is -0.273 e. The number of amides is 2. The largest absolute Gasteiger partial charge is 0.273 e. The predicted molar refractivity (Wildman–Crippen MR) is 74.6 cm³/mol. The summed E-state index contributed by atoms with van der Waals surface area (Å²) in [7, 11) is 0. The molecule has 0 spiro atoms. The summed E-state index contributed by atoms with van der Waals surface area (Å²) in [6.45, 7) is 0. The van der Waals surface area contributed by atoms with Crippen LogP contribution in [0.1, 0.15) is 21.5 Å². The second-order valence-corrected chi connectivity index (χ2v) is 4.47. The summed E-state index contributed by atoms with van der Waals surface area (Å²) < 4.78 is 0. The van der Waals surface area contributed by atoms with Gasteiger partial charge in [0.25, 0.3) is 5.91 Å². The van der Waals surface area contributed by atoms with Gasteiger partial charge in [0.2, 0.25) is 5.91 Å². The summed E-state index contributed by atoms with van der Waals surface area (Å²) in [5, 5.41) is 0. The SMILES string of the molecule is O=C1Cc2ccccc2C(=O)N1C#Cc1ccccc1. The Morgan fingerprint density at radius 2 is 1.60 bits per heavy atom. The summed E-state index contributed by atoms with van der Waals surface area (Å²) in [5.41, 5.74) is 2.08. The summed E-state index contributed by atoms with van der Waals surface area (Å²) in [6, 6.07) is 19.1. The van der Waals surface area contributed by atoms with Crippen molar-refractivity contribution in [2.75, 3.05) is 0 Å². The maximum absolute atomic E-state index is 12.3. The fourth-order valence-corrected chi connectivity index (χ4v) is 2.11.